The van der Waals surface area contributed by atoms with E-state index >= 15 is 0 Å². The van der Waals surface area contributed by atoms with E-state index in [1.807, 2.05) is 11.8 Å². The van der Waals surface area contributed by atoms with E-state index in [-0.39, 0.29) is 0 Å². The van der Waals surface area contributed by atoms with Gasteiger partial charge in [-0.2, -0.15) is 11.8 Å². The Hall–Kier alpha value is -0.0200. The molecule has 3 unspecified atom stereocenters. The Morgan fingerprint density at radius 1 is 1.62 bits per heavy atom. The molecule has 0 aromatic heterocycles. The topological polar surface area (TPSA) is 21.6 Å². The lowest BCUT2D eigenvalue weighted by Gasteiger charge is -2.11. The largest absolute Gasteiger partial charge is 0.382 e. The molecule has 3 heteroatoms. The molecule has 0 bridgehead atoms. The maximum Gasteiger partial charge on any atom is 0.0704 e. The SMILES string of the molecule is COCC(C)N=C1C(C)CSC1C. The fourth-order valence-electron chi connectivity index (χ4n) is 1.63. The third-order valence-corrected chi connectivity index (χ3v) is 3.73. The van der Waals surface area contributed by atoms with Gasteiger partial charge >= 0.3 is 0 Å². The second-order valence-corrected chi connectivity index (χ2v) is 5.11. The summed E-state index contributed by atoms with van der Waals surface area (Å²) in [5.41, 5.74) is 1.37. The molecule has 0 amide bonds. The van der Waals surface area contributed by atoms with Gasteiger partial charge in [-0.15, -0.1) is 0 Å². The quantitative estimate of drug-likeness (QED) is 0.698. The summed E-state index contributed by atoms with van der Waals surface area (Å²) in [5, 5.41) is 0.606. The standard InChI is InChI=1S/C10H19NOS/c1-7-6-13-9(3)10(7)11-8(2)5-12-4/h7-9H,5-6H2,1-4H3. The highest BCUT2D eigenvalue weighted by molar-refractivity contribution is 8.01. The van der Waals surface area contributed by atoms with Gasteiger partial charge in [-0.25, -0.2) is 0 Å². The van der Waals surface area contributed by atoms with Crippen molar-refractivity contribution < 1.29 is 4.74 Å². The molecule has 1 aliphatic rings. The monoisotopic (exact) mass is 201 g/mol. The first-order valence-corrected chi connectivity index (χ1v) is 5.88. The summed E-state index contributed by atoms with van der Waals surface area (Å²) in [5.74, 6) is 1.87. The van der Waals surface area contributed by atoms with Gasteiger partial charge in [0.15, 0.2) is 0 Å². The lowest BCUT2D eigenvalue weighted by molar-refractivity contribution is 0.185. The molecule has 0 aromatic rings. The van der Waals surface area contributed by atoms with Crippen LogP contribution < -0.4 is 0 Å². The van der Waals surface area contributed by atoms with E-state index < -0.39 is 0 Å². The molecular weight excluding hydrogens is 182 g/mol. The van der Waals surface area contributed by atoms with Crippen molar-refractivity contribution >= 4 is 17.5 Å². The van der Waals surface area contributed by atoms with E-state index in [9.17, 15) is 0 Å². The first kappa shape index (κ1) is 11.1. The number of nitrogens with zero attached hydrogens (tertiary/aromatic N) is 1. The van der Waals surface area contributed by atoms with Crippen LogP contribution in [0.3, 0.4) is 0 Å². The number of aliphatic imine (C=N–C) groups is 1. The highest BCUT2D eigenvalue weighted by Gasteiger charge is 2.26. The van der Waals surface area contributed by atoms with Crippen molar-refractivity contribution in [2.45, 2.75) is 32.1 Å². The molecule has 0 N–H and O–H groups in total. The molecule has 3 atom stereocenters. The highest BCUT2D eigenvalue weighted by atomic mass is 32.2. The summed E-state index contributed by atoms with van der Waals surface area (Å²) in [6.07, 6.45) is 0. The van der Waals surface area contributed by atoms with Gasteiger partial charge in [-0.3, -0.25) is 4.99 Å². The van der Waals surface area contributed by atoms with E-state index in [0.29, 0.717) is 17.2 Å². The average molecular weight is 201 g/mol. The molecule has 0 aromatic carbocycles. The van der Waals surface area contributed by atoms with E-state index in [4.69, 9.17) is 9.73 Å². The number of thioether (sulfide) groups is 1. The number of ether oxygens (including phenoxy) is 1. The Morgan fingerprint density at radius 3 is 2.77 bits per heavy atom. The van der Waals surface area contributed by atoms with Crippen molar-refractivity contribution in [3.63, 3.8) is 0 Å². The Balaban J connectivity index is 2.57. The van der Waals surface area contributed by atoms with Crippen LogP contribution in [0, 0.1) is 5.92 Å². The fourth-order valence-corrected chi connectivity index (χ4v) is 2.84. The normalized spacial score (nSPS) is 34.0. The predicted octanol–water partition coefficient (Wildman–Crippen LogP) is 2.23. The molecule has 1 rings (SSSR count). The van der Waals surface area contributed by atoms with Crippen molar-refractivity contribution in [1.29, 1.82) is 0 Å². The lowest BCUT2D eigenvalue weighted by atomic mass is 10.1. The van der Waals surface area contributed by atoms with Crippen LogP contribution in [-0.2, 0) is 4.74 Å². The van der Waals surface area contributed by atoms with Crippen LogP contribution in [0.15, 0.2) is 4.99 Å². The Morgan fingerprint density at radius 2 is 2.31 bits per heavy atom. The minimum Gasteiger partial charge on any atom is -0.382 e. The summed E-state index contributed by atoms with van der Waals surface area (Å²) in [6, 6.07) is 0.309. The van der Waals surface area contributed by atoms with Crippen molar-refractivity contribution in [3.05, 3.63) is 0 Å². The zero-order valence-electron chi connectivity index (χ0n) is 8.91. The molecule has 0 aliphatic carbocycles. The van der Waals surface area contributed by atoms with Gasteiger partial charge in [0.1, 0.15) is 0 Å². The van der Waals surface area contributed by atoms with Gasteiger partial charge in [0.25, 0.3) is 0 Å². The molecule has 1 aliphatic heterocycles. The third kappa shape index (κ3) is 2.99. The summed E-state index contributed by atoms with van der Waals surface area (Å²) < 4.78 is 5.07. The Bertz CT molecular complexity index is 181. The highest BCUT2D eigenvalue weighted by Crippen LogP contribution is 2.28. The maximum absolute atomic E-state index is 5.07. The van der Waals surface area contributed by atoms with Crippen LogP contribution in [-0.4, -0.2) is 36.5 Å². The number of hydrogen-bond acceptors (Lipinski definition) is 3. The molecule has 1 saturated heterocycles. The van der Waals surface area contributed by atoms with Crippen LogP contribution in [0.5, 0.6) is 0 Å². The number of methoxy groups -OCH3 is 1. The summed E-state index contributed by atoms with van der Waals surface area (Å²) in [6.45, 7) is 7.34. The molecule has 2 nitrogen and oxygen atoms in total. The maximum atomic E-state index is 5.07. The molecular formula is C10H19NOS. The Kier molecular flexibility index (Phi) is 4.26. The minimum atomic E-state index is 0.309. The van der Waals surface area contributed by atoms with Crippen molar-refractivity contribution in [2.24, 2.45) is 10.9 Å². The lowest BCUT2D eigenvalue weighted by Crippen LogP contribution is -2.19. The fraction of sp³-hybridized carbons (Fsp3) is 0.900. The van der Waals surface area contributed by atoms with Gasteiger partial charge in [-0.1, -0.05) is 6.92 Å². The third-order valence-electron chi connectivity index (χ3n) is 2.29. The summed E-state index contributed by atoms with van der Waals surface area (Å²) in [4.78, 5) is 4.70. The Labute approximate surface area is 85.1 Å². The van der Waals surface area contributed by atoms with Gasteiger partial charge in [0.2, 0.25) is 0 Å². The number of hydrogen-bond donors (Lipinski definition) is 0. The van der Waals surface area contributed by atoms with Gasteiger partial charge in [0, 0.05) is 29.7 Å². The molecule has 1 fully saturated rings. The molecule has 76 valence electrons. The van der Waals surface area contributed by atoms with E-state index in [1.54, 1.807) is 7.11 Å². The minimum absolute atomic E-state index is 0.309. The molecule has 0 saturated carbocycles. The van der Waals surface area contributed by atoms with E-state index in [0.717, 1.165) is 6.61 Å². The van der Waals surface area contributed by atoms with Crippen LogP contribution in [0.25, 0.3) is 0 Å². The van der Waals surface area contributed by atoms with Gasteiger partial charge in [0.05, 0.1) is 12.6 Å². The second kappa shape index (κ2) is 5.01. The van der Waals surface area contributed by atoms with Crippen molar-refractivity contribution in [2.75, 3.05) is 19.5 Å². The molecule has 1 heterocycles. The number of rotatable bonds is 3. The first-order chi connectivity index (χ1) is 6.15. The van der Waals surface area contributed by atoms with Crippen LogP contribution in [0.2, 0.25) is 0 Å². The zero-order chi connectivity index (χ0) is 9.84. The molecule has 0 spiro atoms. The smallest absolute Gasteiger partial charge is 0.0704 e. The summed E-state index contributed by atoms with van der Waals surface area (Å²) >= 11 is 2.00. The van der Waals surface area contributed by atoms with E-state index in [1.165, 1.54) is 11.5 Å². The van der Waals surface area contributed by atoms with E-state index in [2.05, 4.69) is 20.8 Å². The molecule has 13 heavy (non-hydrogen) atoms. The predicted molar refractivity (Wildman–Crippen MR) is 59.9 cm³/mol. The van der Waals surface area contributed by atoms with Crippen LogP contribution >= 0.6 is 11.8 Å². The van der Waals surface area contributed by atoms with Gasteiger partial charge < -0.3 is 4.74 Å². The van der Waals surface area contributed by atoms with Gasteiger partial charge in [-0.05, 0) is 13.8 Å². The second-order valence-electron chi connectivity index (χ2n) is 3.73. The average Bonchev–Trinajstić information content (AvgIpc) is 2.36. The van der Waals surface area contributed by atoms with Crippen molar-refractivity contribution in [1.82, 2.24) is 0 Å². The first-order valence-electron chi connectivity index (χ1n) is 4.83. The van der Waals surface area contributed by atoms with Crippen LogP contribution in [0.4, 0.5) is 0 Å². The van der Waals surface area contributed by atoms with Crippen LogP contribution in [0.1, 0.15) is 20.8 Å². The summed E-state index contributed by atoms with van der Waals surface area (Å²) in [7, 11) is 1.73. The van der Waals surface area contributed by atoms with Crippen molar-refractivity contribution in [3.8, 4) is 0 Å². The molecule has 0 radical (unpaired) electrons. The zero-order valence-corrected chi connectivity index (χ0v) is 9.73.